The zero-order chi connectivity index (χ0) is 8.43. The smallest absolute Gasteiger partial charge is 0.149 e. The third-order valence-electron chi connectivity index (χ3n) is 1.55. The van der Waals surface area contributed by atoms with E-state index < -0.39 is 0 Å². The molecule has 1 aromatic rings. The van der Waals surface area contributed by atoms with Crippen molar-refractivity contribution in [3.05, 3.63) is 6.20 Å². The molecule has 4 N–H and O–H groups in total. The largest absolute Gasteiger partial charge is 0.394 e. The number of rotatable bonds is 2. The monoisotopic (exact) mass is 156 g/mol. The number of hydrogen-bond acceptors (Lipinski definition) is 4. The first-order chi connectivity index (χ1) is 5.16. The van der Waals surface area contributed by atoms with Crippen molar-refractivity contribution in [2.24, 2.45) is 0 Å². The maximum atomic E-state index is 5.57. The van der Waals surface area contributed by atoms with Gasteiger partial charge in [0.2, 0.25) is 0 Å². The van der Waals surface area contributed by atoms with Gasteiger partial charge < -0.3 is 16.2 Å². The Balaban J connectivity index is 2.94. The van der Waals surface area contributed by atoms with Crippen LogP contribution in [0.3, 0.4) is 0 Å². The molecule has 0 aliphatic heterocycles. The lowest BCUT2D eigenvalue weighted by Crippen LogP contribution is -2.11. The zero-order valence-electron chi connectivity index (χ0n) is 6.61. The van der Waals surface area contributed by atoms with Gasteiger partial charge in [0.25, 0.3) is 0 Å². The van der Waals surface area contributed by atoms with E-state index in [1.165, 1.54) is 10.9 Å². The summed E-state index contributed by atoms with van der Waals surface area (Å²) in [6, 6.07) is 0. The molecule has 5 nitrogen and oxygen atoms in total. The Hall–Kier alpha value is -1.23. The van der Waals surface area contributed by atoms with E-state index in [4.69, 9.17) is 16.2 Å². The van der Waals surface area contributed by atoms with Crippen LogP contribution in [0.15, 0.2) is 6.20 Å². The van der Waals surface area contributed by atoms with Crippen molar-refractivity contribution in [3.63, 3.8) is 0 Å². The molecule has 0 fully saturated rings. The van der Waals surface area contributed by atoms with E-state index in [1.54, 1.807) is 7.11 Å². The van der Waals surface area contributed by atoms with Crippen LogP contribution in [-0.2, 0) is 4.74 Å². The summed E-state index contributed by atoms with van der Waals surface area (Å²) >= 11 is 0. The number of nitrogens with two attached hydrogens (primary N) is 2. The molecule has 5 heteroatoms. The summed E-state index contributed by atoms with van der Waals surface area (Å²) < 4.78 is 6.52. The Morgan fingerprint density at radius 3 is 2.64 bits per heavy atom. The summed E-state index contributed by atoms with van der Waals surface area (Å²) in [4.78, 5) is 0. The third-order valence-corrected chi connectivity index (χ3v) is 1.55. The minimum atomic E-state index is -0.174. The zero-order valence-corrected chi connectivity index (χ0v) is 6.61. The fourth-order valence-electron chi connectivity index (χ4n) is 0.775. The number of nitrogens with zero attached hydrogens (tertiary/aromatic N) is 2. The molecule has 0 radical (unpaired) electrons. The molecule has 0 spiro atoms. The summed E-state index contributed by atoms with van der Waals surface area (Å²) in [6.45, 7) is 1.84. The standard InChI is InChI=1S/C6H12N4O/c1-4(11-2)10-6(8)5(7)3-9-10/h3-4H,7-8H2,1-2H3. The second-order valence-electron chi connectivity index (χ2n) is 2.26. The van der Waals surface area contributed by atoms with Crippen LogP contribution in [0.1, 0.15) is 13.2 Å². The van der Waals surface area contributed by atoms with Crippen LogP contribution < -0.4 is 11.5 Å². The van der Waals surface area contributed by atoms with Gasteiger partial charge in [0.05, 0.1) is 11.9 Å². The van der Waals surface area contributed by atoms with Crippen LogP contribution in [0.4, 0.5) is 11.5 Å². The highest BCUT2D eigenvalue weighted by atomic mass is 16.5. The second-order valence-corrected chi connectivity index (χ2v) is 2.26. The van der Waals surface area contributed by atoms with Gasteiger partial charge in [0.1, 0.15) is 12.0 Å². The fraction of sp³-hybridized carbons (Fsp3) is 0.500. The summed E-state index contributed by atoms with van der Waals surface area (Å²) in [5, 5.41) is 3.93. The van der Waals surface area contributed by atoms with Gasteiger partial charge >= 0.3 is 0 Å². The summed E-state index contributed by atoms with van der Waals surface area (Å²) in [7, 11) is 1.59. The molecular formula is C6H12N4O. The molecule has 0 aliphatic carbocycles. The molecule has 0 saturated carbocycles. The lowest BCUT2D eigenvalue weighted by atomic mass is 10.5. The summed E-state index contributed by atoms with van der Waals surface area (Å²) in [6.07, 6.45) is 1.33. The van der Waals surface area contributed by atoms with Crippen molar-refractivity contribution < 1.29 is 4.74 Å². The Kier molecular flexibility index (Phi) is 2.00. The van der Waals surface area contributed by atoms with Crippen molar-refractivity contribution in [1.82, 2.24) is 9.78 Å². The van der Waals surface area contributed by atoms with Crippen molar-refractivity contribution in [3.8, 4) is 0 Å². The number of anilines is 2. The van der Waals surface area contributed by atoms with E-state index in [0.717, 1.165) is 0 Å². The van der Waals surface area contributed by atoms with Crippen LogP contribution in [0, 0.1) is 0 Å². The minimum absolute atomic E-state index is 0.174. The predicted octanol–water partition coefficient (Wildman–Crippen LogP) is 0.212. The number of methoxy groups -OCH3 is 1. The van der Waals surface area contributed by atoms with Gasteiger partial charge in [-0.05, 0) is 6.92 Å². The molecule has 1 heterocycles. The minimum Gasteiger partial charge on any atom is -0.394 e. The Bertz CT molecular complexity index is 245. The average molecular weight is 156 g/mol. The molecule has 62 valence electrons. The van der Waals surface area contributed by atoms with E-state index in [1.807, 2.05) is 6.92 Å². The van der Waals surface area contributed by atoms with E-state index in [-0.39, 0.29) is 6.23 Å². The third kappa shape index (κ3) is 1.27. The van der Waals surface area contributed by atoms with Crippen molar-refractivity contribution in [2.75, 3.05) is 18.6 Å². The fourth-order valence-corrected chi connectivity index (χ4v) is 0.775. The van der Waals surface area contributed by atoms with Crippen LogP contribution in [0.2, 0.25) is 0 Å². The van der Waals surface area contributed by atoms with Gasteiger partial charge in [0.15, 0.2) is 0 Å². The lowest BCUT2D eigenvalue weighted by molar-refractivity contribution is 0.0521. The van der Waals surface area contributed by atoms with Crippen LogP contribution in [-0.4, -0.2) is 16.9 Å². The Morgan fingerprint density at radius 2 is 2.27 bits per heavy atom. The highest BCUT2D eigenvalue weighted by molar-refractivity contribution is 5.57. The molecule has 0 amide bonds. The summed E-state index contributed by atoms with van der Waals surface area (Å²) in [5.74, 6) is 0.444. The van der Waals surface area contributed by atoms with Crippen molar-refractivity contribution in [2.45, 2.75) is 13.2 Å². The first kappa shape index (κ1) is 7.87. The normalized spacial score (nSPS) is 13.3. The molecular weight excluding hydrogens is 144 g/mol. The molecule has 1 rings (SSSR count). The molecule has 0 saturated heterocycles. The predicted molar refractivity (Wildman–Crippen MR) is 42.8 cm³/mol. The maximum absolute atomic E-state index is 5.57. The van der Waals surface area contributed by atoms with Crippen molar-refractivity contribution >= 4 is 11.5 Å². The maximum Gasteiger partial charge on any atom is 0.149 e. The van der Waals surface area contributed by atoms with Gasteiger partial charge in [-0.25, -0.2) is 4.68 Å². The quantitative estimate of drug-likeness (QED) is 0.641. The topological polar surface area (TPSA) is 79.1 Å². The first-order valence-electron chi connectivity index (χ1n) is 3.28. The summed E-state index contributed by atoms with van der Waals surface area (Å²) in [5.41, 5.74) is 11.5. The molecule has 11 heavy (non-hydrogen) atoms. The number of hydrogen-bond donors (Lipinski definition) is 2. The molecule has 0 bridgehead atoms. The Morgan fingerprint density at radius 1 is 1.64 bits per heavy atom. The van der Waals surface area contributed by atoms with Gasteiger partial charge in [-0.15, -0.1) is 0 Å². The first-order valence-corrected chi connectivity index (χ1v) is 3.28. The molecule has 0 aliphatic rings. The van der Waals surface area contributed by atoms with Crippen LogP contribution >= 0.6 is 0 Å². The molecule has 1 unspecified atom stereocenters. The highest BCUT2D eigenvalue weighted by Crippen LogP contribution is 2.17. The molecule has 1 atom stereocenters. The second kappa shape index (κ2) is 2.79. The Labute approximate surface area is 64.9 Å². The number of ether oxygens (including phenoxy) is 1. The van der Waals surface area contributed by atoms with E-state index in [9.17, 15) is 0 Å². The van der Waals surface area contributed by atoms with Gasteiger partial charge in [-0.2, -0.15) is 5.10 Å². The van der Waals surface area contributed by atoms with E-state index in [0.29, 0.717) is 11.5 Å². The average Bonchev–Trinajstić information content (AvgIpc) is 2.32. The van der Waals surface area contributed by atoms with Crippen LogP contribution in [0.25, 0.3) is 0 Å². The lowest BCUT2D eigenvalue weighted by Gasteiger charge is -2.10. The van der Waals surface area contributed by atoms with Gasteiger partial charge in [-0.1, -0.05) is 0 Å². The van der Waals surface area contributed by atoms with Gasteiger partial charge in [0, 0.05) is 7.11 Å². The molecule has 0 aromatic carbocycles. The van der Waals surface area contributed by atoms with Crippen molar-refractivity contribution in [1.29, 1.82) is 0 Å². The van der Waals surface area contributed by atoms with E-state index in [2.05, 4.69) is 5.10 Å². The highest BCUT2D eigenvalue weighted by Gasteiger charge is 2.08. The number of nitrogen functional groups attached to an aromatic ring is 2. The molecule has 1 aromatic heterocycles. The van der Waals surface area contributed by atoms with Crippen LogP contribution in [0.5, 0.6) is 0 Å². The SMILES string of the molecule is COC(C)n1ncc(N)c1N. The number of aromatic nitrogens is 2. The van der Waals surface area contributed by atoms with E-state index >= 15 is 0 Å². The van der Waals surface area contributed by atoms with Gasteiger partial charge in [-0.3, -0.25) is 0 Å².